The third-order valence-corrected chi connectivity index (χ3v) is 4.14. The smallest absolute Gasteiger partial charge is 0.0236 e. The molecule has 1 heterocycles. The maximum absolute atomic E-state index is 3.24. The van der Waals surface area contributed by atoms with Crippen LogP contribution >= 0.6 is 0 Å². The van der Waals surface area contributed by atoms with Crippen LogP contribution in [0, 0.1) is 0 Å². The van der Waals surface area contributed by atoms with Gasteiger partial charge in [-0.1, -0.05) is 31.2 Å². The molecule has 1 saturated heterocycles. The number of nitrogens with zero attached hydrogens (tertiary/aromatic N) is 1. The Hall–Kier alpha value is -0.860. The van der Waals surface area contributed by atoms with Gasteiger partial charge >= 0.3 is 0 Å². The van der Waals surface area contributed by atoms with E-state index in [0.29, 0.717) is 5.92 Å². The fraction of sp³-hybridized carbons (Fsp3) is 0.625. The van der Waals surface area contributed by atoms with Gasteiger partial charge in [-0.2, -0.15) is 0 Å². The van der Waals surface area contributed by atoms with Crippen molar-refractivity contribution in [1.29, 1.82) is 0 Å². The summed E-state index contributed by atoms with van der Waals surface area (Å²) in [6.07, 6.45) is 2.72. The Kier molecular flexibility index (Phi) is 4.79. The SMILES string of the molecule is CNCC(C)c1ccc(CN2CCCC2C)cc1. The quantitative estimate of drug-likeness (QED) is 0.859. The van der Waals surface area contributed by atoms with E-state index in [2.05, 4.69) is 48.3 Å². The van der Waals surface area contributed by atoms with Gasteiger partial charge in [0.25, 0.3) is 0 Å². The predicted molar refractivity (Wildman–Crippen MR) is 77.9 cm³/mol. The molecular weight excluding hydrogens is 220 g/mol. The molecule has 1 aromatic rings. The first-order chi connectivity index (χ1) is 8.70. The monoisotopic (exact) mass is 246 g/mol. The highest BCUT2D eigenvalue weighted by Crippen LogP contribution is 2.21. The average Bonchev–Trinajstić information content (AvgIpc) is 2.76. The summed E-state index contributed by atoms with van der Waals surface area (Å²) in [5.41, 5.74) is 2.88. The normalized spacial score (nSPS) is 22.3. The highest BCUT2D eigenvalue weighted by Gasteiger charge is 2.19. The van der Waals surface area contributed by atoms with E-state index in [1.54, 1.807) is 0 Å². The maximum Gasteiger partial charge on any atom is 0.0236 e. The van der Waals surface area contributed by atoms with Gasteiger partial charge < -0.3 is 5.32 Å². The molecule has 0 saturated carbocycles. The summed E-state index contributed by atoms with van der Waals surface area (Å²) < 4.78 is 0. The van der Waals surface area contributed by atoms with Crippen molar-refractivity contribution in [3.63, 3.8) is 0 Å². The van der Waals surface area contributed by atoms with E-state index in [4.69, 9.17) is 0 Å². The van der Waals surface area contributed by atoms with Gasteiger partial charge in [-0.3, -0.25) is 4.90 Å². The lowest BCUT2D eigenvalue weighted by molar-refractivity contribution is 0.260. The van der Waals surface area contributed by atoms with E-state index in [9.17, 15) is 0 Å². The van der Waals surface area contributed by atoms with Crippen molar-refractivity contribution < 1.29 is 0 Å². The topological polar surface area (TPSA) is 15.3 Å². The Balaban J connectivity index is 1.95. The lowest BCUT2D eigenvalue weighted by Gasteiger charge is -2.21. The molecule has 2 heteroatoms. The van der Waals surface area contributed by atoms with Gasteiger partial charge in [0.2, 0.25) is 0 Å². The molecular formula is C16H26N2. The van der Waals surface area contributed by atoms with Crippen LogP contribution in [-0.2, 0) is 6.54 Å². The minimum absolute atomic E-state index is 0.592. The number of hydrogen-bond donors (Lipinski definition) is 1. The Morgan fingerprint density at radius 3 is 2.61 bits per heavy atom. The van der Waals surface area contributed by atoms with Crippen LogP contribution in [0.4, 0.5) is 0 Å². The van der Waals surface area contributed by atoms with Gasteiger partial charge in [0.1, 0.15) is 0 Å². The van der Waals surface area contributed by atoms with Crippen molar-refractivity contribution in [3.8, 4) is 0 Å². The Labute approximate surface area is 111 Å². The molecule has 1 aliphatic heterocycles. The molecule has 100 valence electrons. The predicted octanol–water partition coefficient (Wildman–Crippen LogP) is 2.99. The van der Waals surface area contributed by atoms with Crippen molar-refractivity contribution in [3.05, 3.63) is 35.4 Å². The average molecular weight is 246 g/mol. The number of hydrogen-bond acceptors (Lipinski definition) is 2. The fourth-order valence-corrected chi connectivity index (χ4v) is 2.84. The van der Waals surface area contributed by atoms with Crippen LogP contribution in [0.25, 0.3) is 0 Å². The van der Waals surface area contributed by atoms with E-state index in [-0.39, 0.29) is 0 Å². The molecule has 1 N–H and O–H groups in total. The molecule has 0 aliphatic carbocycles. The van der Waals surface area contributed by atoms with E-state index in [0.717, 1.165) is 19.1 Å². The first kappa shape index (κ1) is 13.6. The van der Waals surface area contributed by atoms with Crippen LogP contribution in [-0.4, -0.2) is 31.1 Å². The van der Waals surface area contributed by atoms with Gasteiger partial charge in [0.15, 0.2) is 0 Å². The van der Waals surface area contributed by atoms with Gasteiger partial charge in [-0.15, -0.1) is 0 Å². The fourth-order valence-electron chi connectivity index (χ4n) is 2.84. The van der Waals surface area contributed by atoms with Crippen LogP contribution in [0.1, 0.15) is 43.7 Å². The standard InChI is InChI=1S/C16H26N2/c1-13(11-17-3)16-8-6-15(7-9-16)12-18-10-4-5-14(18)2/h6-9,13-14,17H,4-5,10-12H2,1-3H3. The molecule has 1 fully saturated rings. The zero-order chi connectivity index (χ0) is 13.0. The largest absolute Gasteiger partial charge is 0.319 e. The third-order valence-electron chi connectivity index (χ3n) is 4.14. The second-order valence-corrected chi connectivity index (χ2v) is 5.66. The summed E-state index contributed by atoms with van der Waals surface area (Å²) in [4.78, 5) is 2.59. The van der Waals surface area contributed by atoms with E-state index in [1.165, 1.54) is 30.5 Å². The number of benzene rings is 1. The minimum atomic E-state index is 0.592. The first-order valence-corrected chi connectivity index (χ1v) is 7.18. The van der Waals surface area contributed by atoms with Gasteiger partial charge in [-0.05, 0) is 50.4 Å². The van der Waals surface area contributed by atoms with Crippen LogP contribution in [0.15, 0.2) is 24.3 Å². The van der Waals surface area contributed by atoms with Crippen LogP contribution in [0.3, 0.4) is 0 Å². The molecule has 2 rings (SSSR count). The molecule has 2 unspecified atom stereocenters. The minimum Gasteiger partial charge on any atom is -0.319 e. The van der Waals surface area contributed by atoms with Crippen molar-refractivity contribution >= 4 is 0 Å². The zero-order valence-corrected chi connectivity index (χ0v) is 11.9. The van der Waals surface area contributed by atoms with E-state index >= 15 is 0 Å². The van der Waals surface area contributed by atoms with Gasteiger partial charge in [0.05, 0.1) is 0 Å². The van der Waals surface area contributed by atoms with E-state index in [1.807, 2.05) is 7.05 Å². The third kappa shape index (κ3) is 3.33. The van der Waals surface area contributed by atoms with Crippen molar-refractivity contribution in [2.24, 2.45) is 0 Å². The second kappa shape index (κ2) is 6.35. The number of rotatable bonds is 5. The van der Waals surface area contributed by atoms with Gasteiger partial charge in [-0.25, -0.2) is 0 Å². The zero-order valence-electron chi connectivity index (χ0n) is 11.9. The highest BCUT2D eigenvalue weighted by molar-refractivity contribution is 5.25. The van der Waals surface area contributed by atoms with Crippen molar-refractivity contribution in [1.82, 2.24) is 10.2 Å². The summed E-state index contributed by atoms with van der Waals surface area (Å²) in [7, 11) is 2.01. The lowest BCUT2D eigenvalue weighted by Crippen LogP contribution is -2.26. The number of likely N-dealkylation sites (tertiary alicyclic amines) is 1. The molecule has 18 heavy (non-hydrogen) atoms. The molecule has 0 amide bonds. The summed E-state index contributed by atoms with van der Waals surface area (Å²) >= 11 is 0. The molecule has 0 bridgehead atoms. The maximum atomic E-state index is 3.24. The Morgan fingerprint density at radius 2 is 2.06 bits per heavy atom. The molecule has 0 spiro atoms. The summed E-state index contributed by atoms with van der Waals surface area (Å²) in [6.45, 7) is 8.04. The molecule has 0 radical (unpaired) electrons. The molecule has 2 atom stereocenters. The van der Waals surface area contributed by atoms with Crippen molar-refractivity contribution in [2.75, 3.05) is 20.1 Å². The van der Waals surface area contributed by atoms with E-state index < -0.39 is 0 Å². The molecule has 1 aliphatic rings. The first-order valence-electron chi connectivity index (χ1n) is 7.18. The van der Waals surface area contributed by atoms with Crippen LogP contribution in [0.2, 0.25) is 0 Å². The van der Waals surface area contributed by atoms with Gasteiger partial charge in [0, 0.05) is 19.1 Å². The van der Waals surface area contributed by atoms with Crippen LogP contribution in [0.5, 0.6) is 0 Å². The second-order valence-electron chi connectivity index (χ2n) is 5.66. The summed E-state index contributed by atoms with van der Waals surface area (Å²) in [5, 5.41) is 3.24. The summed E-state index contributed by atoms with van der Waals surface area (Å²) in [6, 6.07) is 9.93. The lowest BCUT2D eigenvalue weighted by atomic mass is 10.00. The summed E-state index contributed by atoms with van der Waals surface area (Å²) in [5.74, 6) is 0.592. The Morgan fingerprint density at radius 1 is 1.33 bits per heavy atom. The highest BCUT2D eigenvalue weighted by atomic mass is 15.2. The van der Waals surface area contributed by atoms with Crippen molar-refractivity contribution in [2.45, 2.75) is 45.2 Å². The number of nitrogens with one attached hydrogen (secondary N) is 1. The number of likely N-dealkylation sites (N-methyl/N-ethyl adjacent to an activating group) is 1. The molecule has 2 nitrogen and oxygen atoms in total. The van der Waals surface area contributed by atoms with Crippen LogP contribution < -0.4 is 5.32 Å². The molecule has 1 aromatic carbocycles. The Bertz CT molecular complexity index is 358. The molecule has 0 aromatic heterocycles.